The van der Waals surface area contributed by atoms with Gasteiger partial charge in [-0.2, -0.15) is 0 Å². The Bertz CT molecular complexity index is 2170. The van der Waals surface area contributed by atoms with Crippen LogP contribution in [0.5, 0.6) is 0 Å². The number of aliphatic hydroxyl groups is 13. The lowest BCUT2D eigenvalue weighted by molar-refractivity contribution is -0.369. The number of fused-ring (bicyclic) bond motifs is 7. The number of rotatable bonds is 10. The topological polar surface area (TPSA) is 391 Å². The molecule has 5 aliphatic carbocycles. The van der Waals surface area contributed by atoms with Gasteiger partial charge in [0.2, 0.25) is 6.29 Å². The molecule has 9 rings (SSSR count). The molecule has 0 bridgehead atoms. The smallest absolute Gasteiger partial charge is 0.317 e. The van der Waals surface area contributed by atoms with Crippen LogP contribution in [0.3, 0.4) is 0 Å². The molecule has 29 unspecified atom stereocenters. The fourth-order valence-corrected chi connectivity index (χ4v) is 16.1. The summed E-state index contributed by atoms with van der Waals surface area (Å²) in [6, 6.07) is 0. The van der Waals surface area contributed by atoms with Crippen molar-refractivity contribution in [3.63, 3.8) is 0 Å². The standard InChI is InChI=1S/C52H82O24/c1-20-38(73-41-35(63)30(58)24(55)18-69-41)34(62)37(65)42(71-20)74-39-31(59)25(56)19-70-44(39)76-46(68)52-13-12-47(2,3)14-22(52)21-8-9-27-48(4)15-23(54)40(75-43-36(64)33(61)32(60)26(17-53)72-43)51(7,45(66)67)28(48)10-11-49(27,5)50(21,6)16-29(52)57/h8,20,22-44,53-65H,9-19H2,1-7H3,(H,66,67). The molecule has 0 aromatic carbocycles. The fourth-order valence-electron chi connectivity index (χ4n) is 16.1. The van der Waals surface area contributed by atoms with Gasteiger partial charge in [-0.25, -0.2) is 0 Å². The Morgan fingerprint density at radius 2 is 1.24 bits per heavy atom. The Morgan fingerprint density at radius 1 is 0.632 bits per heavy atom. The Kier molecular flexibility index (Phi) is 15.9. The minimum Gasteiger partial charge on any atom is -0.481 e. The zero-order valence-corrected chi connectivity index (χ0v) is 44.1. The molecule has 4 saturated heterocycles. The highest BCUT2D eigenvalue weighted by atomic mass is 16.8. The van der Waals surface area contributed by atoms with Gasteiger partial charge in [0.15, 0.2) is 25.0 Å². The molecule has 0 radical (unpaired) electrons. The van der Waals surface area contributed by atoms with E-state index in [4.69, 9.17) is 37.9 Å². The quantitative estimate of drug-likeness (QED) is 0.0600. The van der Waals surface area contributed by atoms with Gasteiger partial charge in [-0.15, -0.1) is 0 Å². The maximum Gasteiger partial charge on any atom is 0.317 e. The predicted molar refractivity (Wildman–Crippen MR) is 254 cm³/mol. The van der Waals surface area contributed by atoms with Gasteiger partial charge in [0.05, 0.1) is 43.5 Å². The van der Waals surface area contributed by atoms with E-state index in [1.165, 1.54) is 13.8 Å². The molecule has 0 amide bonds. The van der Waals surface area contributed by atoms with Crippen LogP contribution in [0.2, 0.25) is 0 Å². The molecule has 0 aromatic rings. The zero-order valence-electron chi connectivity index (χ0n) is 44.1. The Morgan fingerprint density at radius 3 is 1.89 bits per heavy atom. The van der Waals surface area contributed by atoms with Gasteiger partial charge in [0.25, 0.3) is 0 Å². The summed E-state index contributed by atoms with van der Waals surface area (Å²) in [6.07, 6.45) is -29.0. The van der Waals surface area contributed by atoms with Crippen LogP contribution >= 0.6 is 0 Å². The lowest BCUT2D eigenvalue weighted by Gasteiger charge is -2.71. The molecule has 14 N–H and O–H groups in total. The first kappa shape index (κ1) is 58.5. The highest BCUT2D eigenvalue weighted by molar-refractivity contribution is 5.80. The summed E-state index contributed by atoms with van der Waals surface area (Å²) in [6.45, 7) is 11.7. The third kappa shape index (κ3) is 9.04. The number of allylic oxidation sites excluding steroid dienone is 2. The number of aliphatic carboxylic acids is 1. The van der Waals surface area contributed by atoms with Crippen molar-refractivity contribution in [2.45, 2.75) is 229 Å². The number of carboxylic acids is 1. The first-order chi connectivity index (χ1) is 35.4. The monoisotopic (exact) mass is 1090 g/mol. The van der Waals surface area contributed by atoms with E-state index in [1.54, 1.807) is 0 Å². The summed E-state index contributed by atoms with van der Waals surface area (Å²) >= 11 is 0. The van der Waals surface area contributed by atoms with Gasteiger partial charge in [-0.1, -0.05) is 46.3 Å². The summed E-state index contributed by atoms with van der Waals surface area (Å²) < 4.78 is 46.8. The van der Waals surface area contributed by atoms with Gasteiger partial charge >= 0.3 is 11.9 Å². The van der Waals surface area contributed by atoms with Gasteiger partial charge < -0.3 is 109 Å². The summed E-state index contributed by atoms with van der Waals surface area (Å²) in [4.78, 5) is 29.0. The number of hydrogen-bond donors (Lipinski definition) is 14. The minimum atomic E-state index is -1.91. The largest absolute Gasteiger partial charge is 0.481 e. The van der Waals surface area contributed by atoms with Crippen LogP contribution in [0.25, 0.3) is 0 Å². The molecule has 4 aliphatic heterocycles. The van der Waals surface area contributed by atoms with Crippen LogP contribution < -0.4 is 0 Å². The predicted octanol–water partition coefficient (Wildman–Crippen LogP) is -2.72. The van der Waals surface area contributed by atoms with Gasteiger partial charge in [0, 0.05) is 0 Å². The van der Waals surface area contributed by atoms with E-state index >= 15 is 4.79 Å². The SMILES string of the molecule is CC1OC(OC2C(OC(=O)C34CCC(C)(C)CC3C3=CCC5C6(C)CC(O)C(OC7OC(CO)C(O)C(O)C7O)C(C)(C(=O)O)C6CCC5(C)C3(C)CC4O)OCC(O)C2O)C(O)C(O)C1OC1OCC(O)C(O)C1O. The molecule has 76 heavy (non-hydrogen) atoms. The van der Waals surface area contributed by atoms with Crippen molar-refractivity contribution in [1.82, 2.24) is 0 Å². The van der Waals surface area contributed by atoms with E-state index in [2.05, 4.69) is 33.8 Å². The number of ether oxygens (including phenoxy) is 8. The van der Waals surface area contributed by atoms with Crippen LogP contribution in [-0.2, 0) is 47.5 Å². The average molecular weight is 1090 g/mol. The van der Waals surface area contributed by atoms with Crippen molar-refractivity contribution in [2.24, 2.45) is 50.2 Å². The number of carbonyl (C=O) groups excluding carboxylic acids is 1. The third-order valence-electron chi connectivity index (χ3n) is 20.7. The van der Waals surface area contributed by atoms with E-state index in [0.717, 1.165) is 5.57 Å². The van der Waals surface area contributed by atoms with E-state index in [0.29, 0.717) is 32.1 Å². The molecule has 4 saturated carbocycles. The number of carbonyl (C=O) groups is 2. The minimum absolute atomic E-state index is 0.0636. The number of carboxylic acid groups (broad SMARTS) is 1. The maximum absolute atomic E-state index is 15.3. The Hall–Kier alpha value is -2.12. The average Bonchev–Trinajstić information content (AvgIpc) is 3.55. The summed E-state index contributed by atoms with van der Waals surface area (Å²) in [7, 11) is 0. The van der Waals surface area contributed by atoms with Gasteiger partial charge in [-0.3, -0.25) is 9.59 Å². The number of aliphatic hydroxyl groups excluding tert-OH is 13. The van der Waals surface area contributed by atoms with Crippen molar-refractivity contribution >= 4 is 11.9 Å². The summed E-state index contributed by atoms with van der Waals surface area (Å²) in [5.41, 5.74) is -5.08. The third-order valence-corrected chi connectivity index (χ3v) is 20.7. The van der Waals surface area contributed by atoms with Crippen LogP contribution in [0.15, 0.2) is 11.6 Å². The maximum atomic E-state index is 15.3. The zero-order chi connectivity index (χ0) is 55.7. The second-order valence-corrected chi connectivity index (χ2v) is 25.4. The highest BCUT2D eigenvalue weighted by Gasteiger charge is 2.74. The molecule has 0 aromatic heterocycles. The summed E-state index contributed by atoms with van der Waals surface area (Å²) in [5.74, 6) is -3.63. The van der Waals surface area contributed by atoms with Crippen molar-refractivity contribution in [3.05, 3.63) is 11.6 Å². The van der Waals surface area contributed by atoms with E-state index in [-0.39, 0.29) is 30.6 Å². The molecule has 4 heterocycles. The number of esters is 1. The first-order valence-corrected chi connectivity index (χ1v) is 26.9. The second kappa shape index (κ2) is 20.7. The number of hydrogen-bond acceptors (Lipinski definition) is 23. The molecule has 8 fully saturated rings. The Balaban J connectivity index is 0.972. The van der Waals surface area contributed by atoms with Crippen LogP contribution in [-0.4, -0.2) is 232 Å². The van der Waals surface area contributed by atoms with Crippen molar-refractivity contribution in [3.8, 4) is 0 Å². The lowest BCUT2D eigenvalue weighted by Crippen LogP contribution is -2.71. The molecular formula is C52H82O24. The van der Waals surface area contributed by atoms with Crippen LogP contribution in [0.1, 0.15) is 99.8 Å². The lowest BCUT2D eigenvalue weighted by atomic mass is 9.33. The van der Waals surface area contributed by atoms with Gasteiger partial charge in [-0.05, 0) is 105 Å². The fraction of sp³-hybridized carbons (Fsp3) is 0.923. The molecule has 434 valence electrons. The Labute approximate surface area is 440 Å². The van der Waals surface area contributed by atoms with Crippen molar-refractivity contribution < 1.29 is 119 Å². The molecule has 24 nitrogen and oxygen atoms in total. The van der Waals surface area contributed by atoms with Crippen molar-refractivity contribution in [1.29, 1.82) is 0 Å². The molecule has 0 spiro atoms. The van der Waals surface area contributed by atoms with Crippen molar-refractivity contribution in [2.75, 3.05) is 19.8 Å². The molecule has 9 aliphatic rings. The summed E-state index contributed by atoms with van der Waals surface area (Å²) in [5, 5.41) is 153. The highest BCUT2D eigenvalue weighted by Crippen LogP contribution is 2.76. The van der Waals surface area contributed by atoms with Crippen LogP contribution in [0.4, 0.5) is 0 Å². The molecule has 29 atom stereocenters. The van der Waals surface area contributed by atoms with E-state index < -0.39 is 200 Å². The molecule has 24 heteroatoms. The van der Waals surface area contributed by atoms with Gasteiger partial charge in [0.1, 0.15) is 84.8 Å². The normalized spacial score (nSPS) is 55.2. The second-order valence-electron chi connectivity index (χ2n) is 25.4. The molecular weight excluding hydrogens is 1010 g/mol. The first-order valence-electron chi connectivity index (χ1n) is 26.9. The van der Waals surface area contributed by atoms with E-state index in [1.807, 2.05) is 6.92 Å². The van der Waals surface area contributed by atoms with E-state index in [9.17, 15) is 76.3 Å². The van der Waals surface area contributed by atoms with Crippen LogP contribution in [0, 0.1) is 50.2 Å².